The van der Waals surface area contributed by atoms with Gasteiger partial charge in [-0.05, 0) is 31.5 Å². The number of rotatable bonds is 4. The van der Waals surface area contributed by atoms with Crippen LogP contribution in [0.3, 0.4) is 0 Å². The van der Waals surface area contributed by atoms with Gasteiger partial charge in [-0.25, -0.2) is 14.2 Å². The van der Waals surface area contributed by atoms with Gasteiger partial charge in [0.15, 0.2) is 0 Å². The summed E-state index contributed by atoms with van der Waals surface area (Å²) in [7, 11) is 0. The lowest BCUT2D eigenvalue weighted by molar-refractivity contribution is 0.0527. The molecule has 2 rings (SSSR count). The summed E-state index contributed by atoms with van der Waals surface area (Å²) in [6, 6.07) is 6.18. The van der Waals surface area contributed by atoms with E-state index in [9.17, 15) is 9.18 Å². The van der Waals surface area contributed by atoms with Crippen molar-refractivity contribution < 1.29 is 13.9 Å². The molecule has 0 aliphatic carbocycles. The van der Waals surface area contributed by atoms with Crippen molar-refractivity contribution in [2.45, 2.75) is 13.8 Å². The van der Waals surface area contributed by atoms with Crippen LogP contribution in [0.4, 0.5) is 21.6 Å². The fourth-order valence-corrected chi connectivity index (χ4v) is 1.84. The standard InChI is InChI=1S/C15H16FN3O2/c1-3-21-15(20)10-7-13(18-8-12(10)17)19-14-9(2)5-4-6-11(14)16/h4-8H,3,17H2,1-2H3,(H,18,19). The zero-order valence-electron chi connectivity index (χ0n) is 11.8. The van der Waals surface area contributed by atoms with E-state index in [0.717, 1.165) is 5.56 Å². The molecule has 1 aromatic heterocycles. The molecule has 0 bridgehead atoms. The predicted molar refractivity (Wildman–Crippen MR) is 79.0 cm³/mol. The maximum absolute atomic E-state index is 13.8. The van der Waals surface area contributed by atoms with Gasteiger partial charge < -0.3 is 15.8 Å². The number of halogens is 1. The molecular formula is C15H16FN3O2. The number of ether oxygens (including phenoxy) is 1. The highest BCUT2D eigenvalue weighted by Crippen LogP contribution is 2.24. The van der Waals surface area contributed by atoms with E-state index in [2.05, 4.69) is 10.3 Å². The Labute approximate surface area is 121 Å². The number of benzene rings is 1. The first-order valence-corrected chi connectivity index (χ1v) is 6.47. The van der Waals surface area contributed by atoms with Gasteiger partial charge in [-0.1, -0.05) is 12.1 Å². The lowest BCUT2D eigenvalue weighted by Crippen LogP contribution is -2.09. The molecule has 0 fully saturated rings. The van der Waals surface area contributed by atoms with Crippen molar-refractivity contribution in [3.8, 4) is 0 Å². The van der Waals surface area contributed by atoms with Gasteiger partial charge in [0.25, 0.3) is 0 Å². The maximum atomic E-state index is 13.8. The Bertz CT molecular complexity index is 654. The number of carbonyl (C=O) groups is 1. The van der Waals surface area contributed by atoms with Crippen LogP contribution in [0.15, 0.2) is 30.5 Å². The number of aryl methyl sites for hydroxylation is 1. The molecule has 1 aromatic carbocycles. The summed E-state index contributed by atoms with van der Waals surface area (Å²) in [6.45, 7) is 3.72. The number of anilines is 3. The Kier molecular flexibility index (Phi) is 4.37. The molecule has 0 aliphatic heterocycles. The summed E-state index contributed by atoms with van der Waals surface area (Å²) in [5.41, 5.74) is 7.16. The van der Waals surface area contributed by atoms with Gasteiger partial charge in [0, 0.05) is 0 Å². The number of carbonyl (C=O) groups excluding carboxylic acids is 1. The van der Waals surface area contributed by atoms with Gasteiger partial charge in [0.1, 0.15) is 11.6 Å². The third-order valence-electron chi connectivity index (χ3n) is 2.91. The molecule has 3 N–H and O–H groups in total. The number of nitrogens with two attached hydrogens (primary N) is 1. The highest BCUT2D eigenvalue weighted by atomic mass is 19.1. The molecule has 110 valence electrons. The zero-order chi connectivity index (χ0) is 15.4. The van der Waals surface area contributed by atoms with Gasteiger partial charge in [-0.15, -0.1) is 0 Å². The van der Waals surface area contributed by atoms with Crippen molar-refractivity contribution in [1.82, 2.24) is 4.98 Å². The second-order valence-corrected chi connectivity index (χ2v) is 4.43. The van der Waals surface area contributed by atoms with E-state index in [-0.39, 0.29) is 17.9 Å². The SMILES string of the molecule is CCOC(=O)c1cc(Nc2c(C)cccc2F)ncc1N. The molecule has 6 heteroatoms. The third kappa shape index (κ3) is 3.28. The van der Waals surface area contributed by atoms with Crippen LogP contribution in [0.25, 0.3) is 0 Å². The van der Waals surface area contributed by atoms with Gasteiger partial charge in [-0.2, -0.15) is 0 Å². The topological polar surface area (TPSA) is 77.2 Å². The van der Waals surface area contributed by atoms with E-state index in [1.165, 1.54) is 18.3 Å². The molecule has 0 atom stereocenters. The summed E-state index contributed by atoms with van der Waals surface area (Å²) < 4.78 is 18.7. The van der Waals surface area contributed by atoms with E-state index in [1.807, 2.05) is 0 Å². The van der Waals surface area contributed by atoms with Crippen LogP contribution in [0.1, 0.15) is 22.8 Å². The lowest BCUT2D eigenvalue weighted by atomic mass is 10.2. The summed E-state index contributed by atoms with van der Waals surface area (Å²) in [5.74, 6) is -0.613. The fraction of sp³-hybridized carbons (Fsp3) is 0.200. The minimum absolute atomic E-state index is 0.198. The van der Waals surface area contributed by atoms with Crippen LogP contribution in [-0.2, 0) is 4.74 Å². The first-order chi connectivity index (χ1) is 10.0. The first-order valence-electron chi connectivity index (χ1n) is 6.47. The smallest absolute Gasteiger partial charge is 0.340 e. The average Bonchev–Trinajstić information content (AvgIpc) is 2.45. The van der Waals surface area contributed by atoms with Crippen LogP contribution in [-0.4, -0.2) is 17.6 Å². The molecule has 0 radical (unpaired) electrons. The summed E-state index contributed by atoms with van der Waals surface area (Å²) in [6.07, 6.45) is 1.34. The Morgan fingerprint density at radius 2 is 2.24 bits per heavy atom. The normalized spacial score (nSPS) is 10.2. The van der Waals surface area contributed by atoms with E-state index < -0.39 is 11.8 Å². The number of aromatic nitrogens is 1. The number of nitrogens with one attached hydrogen (secondary N) is 1. The number of para-hydroxylation sites is 1. The van der Waals surface area contributed by atoms with E-state index in [0.29, 0.717) is 11.5 Å². The highest BCUT2D eigenvalue weighted by molar-refractivity contribution is 5.95. The van der Waals surface area contributed by atoms with Crippen molar-refractivity contribution in [3.05, 3.63) is 47.4 Å². The highest BCUT2D eigenvalue weighted by Gasteiger charge is 2.13. The second kappa shape index (κ2) is 6.21. The summed E-state index contributed by atoms with van der Waals surface area (Å²) in [4.78, 5) is 15.8. The molecule has 0 saturated heterocycles. The number of hydrogen-bond acceptors (Lipinski definition) is 5. The molecule has 21 heavy (non-hydrogen) atoms. The van der Waals surface area contributed by atoms with Crippen molar-refractivity contribution in [1.29, 1.82) is 0 Å². The number of pyridine rings is 1. The second-order valence-electron chi connectivity index (χ2n) is 4.43. The Morgan fingerprint density at radius 1 is 1.48 bits per heavy atom. The third-order valence-corrected chi connectivity index (χ3v) is 2.91. The molecule has 0 spiro atoms. The van der Waals surface area contributed by atoms with E-state index in [1.54, 1.807) is 26.0 Å². The van der Waals surface area contributed by atoms with Crippen molar-refractivity contribution in [3.63, 3.8) is 0 Å². The van der Waals surface area contributed by atoms with E-state index >= 15 is 0 Å². The van der Waals surface area contributed by atoms with Crippen LogP contribution < -0.4 is 11.1 Å². The lowest BCUT2D eigenvalue weighted by Gasteiger charge is -2.11. The van der Waals surface area contributed by atoms with Crippen LogP contribution in [0, 0.1) is 12.7 Å². The predicted octanol–water partition coefficient (Wildman–Crippen LogP) is 3.03. The van der Waals surface area contributed by atoms with Crippen LogP contribution in [0.5, 0.6) is 0 Å². The van der Waals surface area contributed by atoms with Crippen molar-refractivity contribution >= 4 is 23.2 Å². The molecule has 2 aromatic rings. The monoisotopic (exact) mass is 289 g/mol. The van der Waals surface area contributed by atoms with Crippen LogP contribution >= 0.6 is 0 Å². The Hall–Kier alpha value is -2.63. The molecule has 0 aliphatic rings. The molecule has 0 unspecified atom stereocenters. The number of nitrogens with zero attached hydrogens (tertiary/aromatic N) is 1. The molecular weight excluding hydrogens is 273 g/mol. The zero-order valence-corrected chi connectivity index (χ0v) is 11.8. The van der Waals surface area contributed by atoms with E-state index in [4.69, 9.17) is 10.5 Å². The van der Waals surface area contributed by atoms with Gasteiger partial charge in [0.2, 0.25) is 0 Å². The van der Waals surface area contributed by atoms with Gasteiger partial charge >= 0.3 is 5.97 Å². The number of hydrogen-bond donors (Lipinski definition) is 2. The molecule has 5 nitrogen and oxygen atoms in total. The fourth-order valence-electron chi connectivity index (χ4n) is 1.84. The number of nitrogen functional groups attached to an aromatic ring is 1. The maximum Gasteiger partial charge on any atom is 0.340 e. The summed E-state index contributed by atoms with van der Waals surface area (Å²) >= 11 is 0. The molecule has 0 amide bonds. The van der Waals surface area contributed by atoms with Crippen LogP contribution in [0.2, 0.25) is 0 Å². The van der Waals surface area contributed by atoms with Crippen molar-refractivity contribution in [2.75, 3.05) is 17.7 Å². The molecule has 1 heterocycles. The van der Waals surface area contributed by atoms with Gasteiger partial charge in [0.05, 0.1) is 29.7 Å². The molecule has 0 saturated carbocycles. The minimum Gasteiger partial charge on any atom is -0.462 e. The van der Waals surface area contributed by atoms with Crippen molar-refractivity contribution in [2.24, 2.45) is 0 Å². The minimum atomic E-state index is -0.536. The quantitative estimate of drug-likeness (QED) is 0.846. The summed E-state index contributed by atoms with van der Waals surface area (Å²) in [5, 5.41) is 2.86. The Balaban J connectivity index is 2.33. The number of esters is 1. The largest absolute Gasteiger partial charge is 0.462 e. The average molecular weight is 289 g/mol. The Morgan fingerprint density at radius 3 is 2.90 bits per heavy atom. The van der Waals surface area contributed by atoms with Gasteiger partial charge in [-0.3, -0.25) is 0 Å². The first kappa shape index (κ1) is 14.8.